The van der Waals surface area contributed by atoms with Crippen LogP contribution in [0.15, 0.2) is 28.8 Å². The lowest BCUT2D eigenvalue weighted by Crippen LogP contribution is -2.12. The molecule has 0 atom stereocenters. The van der Waals surface area contributed by atoms with Crippen molar-refractivity contribution in [2.24, 2.45) is 0 Å². The maximum atomic E-state index is 11.9. The van der Waals surface area contributed by atoms with E-state index >= 15 is 0 Å². The van der Waals surface area contributed by atoms with Gasteiger partial charge in [0.25, 0.3) is 5.91 Å². The zero-order valence-corrected chi connectivity index (χ0v) is 10.0. The average Bonchev–Trinajstić information content (AvgIpc) is 2.76. The number of nitrogens with one attached hydrogen (secondary N) is 1. The van der Waals surface area contributed by atoms with E-state index in [1.54, 1.807) is 19.1 Å². The van der Waals surface area contributed by atoms with Gasteiger partial charge in [0.1, 0.15) is 6.07 Å². The summed E-state index contributed by atoms with van der Waals surface area (Å²) in [7, 11) is 0. The maximum Gasteiger partial charge on any atom is 0.294 e. The fraction of sp³-hybridized carbons (Fsp3) is 0.154. The zero-order valence-electron chi connectivity index (χ0n) is 10.0. The molecule has 0 spiro atoms. The molecule has 1 amide bonds. The molecule has 0 bridgehead atoms. The molecule has 0 saturated carbocycles. The van der Waals surface area contributed by atoms with Crippen molar-refractivity contribution in [3.05, 3.63) is 46.8 Å². The topological polar surface area (TPSA) is 78.9 Å². The SMILES string of the molecule is Cc1cc(C(=O)Nc2cccc(C)c2C#N)on1. The Bertz CT molecular complexity index is 638. The predicted octanol–water partition coefficient (Wildman–Crippen LogP) is 2.42. The third-order valence-electron chi connectivity index (χ3n) is 2.48. The van der Waals surface area contributed by atoms with Crippen LogP contribution in [0.2, 0.25) is 0 Å². The number of nitriles is 1. The molecule has 1 aromatic heterocycles. The highest BCUT2D eigenvalue weighted by molar-refractivity contribution is 6.03. The van der Waals surface area contributed by atoms with Gasteiger partial charge in [-0.05, 0) is 25.5 Å². The minimum absolute atomic E-state index is 0.123. The summed E-state index contributed by atoms with van der Waals surface area (Å²) in [5.74, 6) is -0.296. The van der Waals surface area contributed by atoms with Gasteiger partial charge in [-0.25, -0.2) is 0 Å². The summed E-state index contributed by atoms with van der Waals surface area (Å²) >= 11 is 0. The number of carbonyl (C=O) groups excluding carboxylic acids is 1. The van der Waals surface area contributed by atoms with E-state index < -0.39 is 5.91 Å². The number of carbonyl (C=O) groups is 1. The van der Waals surface area contributed by atoms with Crippen molar-refractivity contribution in [3.8, 4) is 6.07 Å². The Labute approximate surface area is 104 Å². The van der Waals surface area contributed by atoms with Crippen LogP contribution >= 0.6 is 0 Å². The third-order valence-corrected chi connectivity index (χ3v) is 2.48. The summed E-state index contributed by atoms with van der Waals surface area (Å²) in [4.78, 5) is 11.9. The normalized spacial score (nSPS) is 9.83. The lowest BCUT2D eigenvalue weighted by molar-refractivity contribution is 0.0988. The van der Waals surface area contributed by atoms with E-state index in [1.807, 2.05) is 13.0 Å². The first-order chi connectivity index (χ1) is 8.61. The quantitative estimate of drug-likeness (QED) is 0.875. The minimum Gasteiger partial charge on any atom is -0.351 e. The van der Waals surface area contributed by atoms with E-state index in [0.717, 1.165) is 5.56 Å². The predicted molar refractivity (Wildman–Crippen MR) is 65.1 cm³/mol. The number of amides is 1. The summed E-state index contributed by atoms with van der Waals surface area (Å²) in [6.45, 7) is 3.54. The number of anilines is 1. The van der Waals surface area contributed by atoms with Crippen LogP contribution < -0.4 is 5.32 Å². The van der Waals surface area contributed by atoms with Crippen molar-refractivity contribution in [2.45, 2.75) is 13.8 Å². The Morgan fingerprint density at radius 2 is 2.22 bits per heavy atom. The number of hydrogen-bond donors (Lipinski definition) is 1. The Balaban J connectivity index is 2.28. The minimum atomic E-state index is -0.419. The van der Waals surface area contributed by atoms with Gasteiger partial charge in [-0.2, -0.15) is 5.26 Å². The van der Waals surface area contributed by atoms with Gasteiger partial charge in [0.2, 0.25) is 5.76 Å². The average molecular weight is 241 g/mol. The standard InChI is InChI=1S/C13H11N3O2/c1-8-4-3-5-11(10(8)7-14)15-13(17)12-6-9(2)16-18-12/h3-6H,1-2H3,(H,15,17). The maximum absolute atomic E-state index is 11.9. The molecular formula is C13H11N3O2. The second-order valence-electron chi connectivity index (χ2n) is 3.90. The number of rotatable bonds is 2. The summed E-state index contributed by atoms with van der Waals surface area (Å²) in [5.41, 5.74) is 2.35. The molecule has 0 aliphatic heterocycles. The number of aryl methyl sites for hydroxylation is 2. The fourth-order valence-electron chi connectivity index (χ4n) is 1.57. The van der Waals surface area contributed by atoms with E-state index in [9.17, 15) is 4.79 Å². The van der Waals surface area contributed by atoms with Crippen molar-refractivity contribution in [1.29, 1.82) is 5.26 Å². The van der Waals surface area contributed by atoms with E-state index in [2.05, 4.69) is 16.5 Å². The molecule has 0 aliphatic rings. The monoisotopic (exact) mass is 241 g/mol. The summed E-state index contributed by atoms with van der Waals surface area (Å²) in [6, 6.07) is 8.86. The van der Waals surface area contributed by atoms with E-state index in [4.69, 9.17) is 9.78 Å². The molecule has 0 radical (unpaired) electrons. The molecule has 0 fully saturated rings. The second kappa shape index (κ2) is 4.72. The van der Waals surface area contributed by atoms with Gasteiger partial charge in [-0.15, -0.1) is 0 Å². The molecular weight excluding hydrogens is 230 g/mol. The van der Waals surface area contributed by atoms with Crippen LogP contribution in [-0.2, 0) is 0 Å². The Hall–Kier alpha value is -2.61. The molecule has 2 rings (SSSR count). The molecule has 18 heavy (non-hydrogen) atoms. The van der Waals surface area contributed by atoms with Crippen molar-refractivity contribution in [1.82, 2.24) is 5.16 Å². The van der Waals surface area contributed by atoms with Crippen LogP contribution in [0.4, 0.5) is 5.69 Å². The fourth-order valence-corrected chi connectivity index (χ4v) is 1.57. The summed E-state index contributed by atoms with van der Waals surface area (Å²) < 4.78 is 4.86. The van der Waals surface area contributed by atoms with Crippen LogP contribution in [0.5, 0.6) is 0 Å². The molecule has 0 unspecified atom stereocenters. The zero-order chi connectivity index (χ0) is 13.1. The van der Waals surface area contributed by atoms with E-state index in [1.165, 1.54) is 6.07 Å². The highest BCUT2D eigenvalue weighted by atomic mass is 16.5. The van der Waals surface area contributed by atoms with Crippen molar-refractivity contribution >= 4 is 11.6 Å². The highest BCUT2D eigenvalue weighted by Crippen LogP contribution is 2.19. The molecule has 5 heteroatoms. The van der Waals surface area contributed by atoms with E-state index in [-0.39, 0.29) is 5.76 Å². The van der Waals surface area contributed by atoms with Gasteiger partial charge >= 0.3 is 0 Å². The first-order valence-electron chi connectivity index (χ1n) is 5.36. The third kappa shape index (κ3) is 2.23. The van der Waals surface area contributed by atoms with Crippen LogP contribution in [0.3, 0.4) is 0 Å². The lowest BCUT2D eigenvalue weighted by Gasteiger charge is -2.06. The summed E-state index contributed by atoms with van der Waals surface area (Å²) in [6.07, 6.45) is 0. The molecule has 90 valence electrons. The van der Waals surface area contributed by atoms with Gasteiger partial charge in [-0.1, -0.05) is 17.3 Å². The Morgan fingerprint density at radius 1 is 1.44 bits per heavy atom. The lowest BCUT2D eigenvalue weighted by atomic mass is 10.1. The van der Waals surface area contributed by atoms with Crippen LogP contribution in [0, 0.1) is 25.2 Å². The highest BCUT2D eigenvalue weighted by Gasteiger charge is 2.14. The van der Waals surface area contributed by atoms with Crippen LogP contribution in [0.25, 0.3) is 0 Å². The number of hydrogen-bond acceptors (Lipinski definition) is 4. The van der Waals surface area contributed by atoms with Gasteiger partial charge in [0.05, 0.1) is 16.9 Å². The van der Waals surface area contributed by atoms with Gasteiger partial charge in [0.15, 0.2) is 0 Å². The van der Waals surface area contributed by atoms with Gasteiger partial charge < -0.3 is 9.84 Å². The first kappa shape index (κ1) is 11.9. The molecule has 2 aromatic rings. The van der Waals surface area contributed by atoms with Crippen molar-refractivity contribution < 1.29 is 9.32 Å². The number of nitrogens with zero attached hydrogens (tertiary/aromatic N) is 2. The number of aromatic nitrogens is 1. The molecule has 1 N–H and O–H groups in total. The first-order valence-corrected chi connectivity index (χ1v) is 5.36. The van der Waals surface area contributed by atoms with E-state index in [0.29, 0.717) is 16.9 Å². The molecule has 5 nitrogen and oxygen atoms in total. The molecule has 1 aromatic carbocycles. The number of benzene rings is 1. The molecule has 0 saturated heterocycles. The largest absolute Gasteiger partial charge is 0.351 e. The Morgan fingerprint density at radius 3 is 2.83 bits per heavy atom. The van der Waals surface area contributed by atoms with Gasteiger partial charge in [0, 0.05) is 6.07 Å². The van der Waals surface area contributed by atoms with Gasteiger partial charge in [-0.3, -0.25) is 4.79 Å². The van der Waals surface area contributed by atoms with Crippen LogP contribution in [-0.4, -0.2) is 11.1 Å². The van der Waals surface area contributed by atoms with Crippen molar-refractivity contribution in [2.75, 3.05) is 5.32 Å². The van der Waals surface area contributed by atoms with Crippen LogP contribution in [0.1, 0.15) is 27.4 Å². The molecule has 1 heterocycles. The smallest absolute Gasteiger partial charge is 0.294 e. The molecule has 0 aliphatic carbocycles. The summed E-state index contributed by atoms with van der Waals surface area (Å²) in [5, 5.41) is 15.3. The second-order valence-corrected chi connectivity index (χ2v) is 3.90. The van der Waals surface area contributed by atoms with Crippen molar-refractivity contribution in [3.63, 3.8) is 0 Å². The Kier molecular flexibility index (Phi) is 3.11.